The molecule has 0 aliphatic rings. The van der Waals surface area contributed by atoms with E-state index in [1.165, 1.54) is 52.8 Å². The number of furan rings is 1. The third-order valence-electron chi connectivity index (χ3n) is 5.66. The van der Waals surface area contributed by atoms with Crippen molar-refractivity contribution < 1.29 is 26.9 Å². The number of nitro groups is 1. The summed E-state index contributed by atoms with van der Waals surface area (Å²) in [7, 11) is -3.75. The highest BCUT2D eigenvalue weighted by molar-refractivity contribution is 7.89. The fourth-order valence-electron chi connectivity index (χ4n) is 3.61. The number of amides is 1. The lowest BCUT2D eigenvalue weighted by atomic mass is 10.2. The van der Waals surface area contributed by atoms with Crippen LogP contribution in [0.25, 0.3) is 10.2 Å². The van der Waals surface area contributed by atoms with Gasteiger partial charge in [-0.25, -0.2) is 17.8 Å². The average Bonchev–Trinajstić information content (AvgIpc) is 3.56. The van der Waals surface area contributed by atoms with Gasteiger partial charge in [-0.15, -0.1) is 0 Å². The Morgan fingerprint density at radius 2 is 1.92 bits per heavy atom. The van der Waals surface area contributed by atoms with Crippen LogP contribution in [0.5, 0.6) is 0 Å². The number of hydrogen-bond donors (Lipinski definition) is 0. The van der Waals surface area contributed by atoms with Gasteiger partial charge in [0.2, 0.25) is 15.2 Å². The van der Waals surface area contributed by atoms with Crippen LogP contribution in [0.15, 0.2) is 69.0 Å². The number of carbonyl (C=O) groups is 1. The molecule has 0 radical (unpaired) electrons. The lowest BCUT2D eigenvalue weighted by Crippen LogP contribution is -2.32. The second kappa shape index (κ2) is 11.8. The molecule has 0 atom stereocenters. The monoisotopic (exact) mass is 573 g/mol. The second-order valence-electron chi connectivity index (χ2n) is 8.28. The predicted octanol–water partition coefficient (Wildman–Crippen LogP) is 5.43. The minimum absolute atomic E-state index is 0.0137. The van der Waals surface area contributed by atoms with Gasteiger partial charge in [-0.05, 0) is 55.0 Å². The average molecular weight is 574 g/mol. The molecule has 0 saturated heterocycles. The minimum atomic E-state index is -3.75. The number of rotatable bonds is 11. The molecule has 0 saturated carbocycles. The third kappa shape index (κ3) is 6.19. The molecule has 0 aliphatic heterocycles. The van der Waals surface area contributed by atoms with Gasteiger partial charge in [-0.3, -0.25) is 14.9 Å². The van der Waals surface area contributed by atoms with Crippen molar-refractivity contribution in [2.45, 2.75) is 31.6 Å². The summed E-state index contributed by atoms with van der Waals surface area (Å²) in [6.45, 7) is 4.44. The Labute approximate surface area is 227 Å². The number of thiazole rings is 1. The molecule has 0 fully saturated rings. The summed E-state index contributed by atoms with van der Waals surface area (Å²) < 4.78 is 46.8. The Bertz CT molecular complexity index is 1630. The lowest BCUT2D eigenvalue weighted by molar-refractivity contribution is -0.402. The molecule has 0 unspecified atom stereocenters. The molecule has 11 nitrogen and oxygen atoms in total. The van der Waals surface area contributed by atoms with Gasteiger partial charge in [0.1, 0.15) is 10.7 Å². The van der Waals surface area contributed by atoms with Crippen LogP contribution >= 0.6 is 11.3 Å². The molecule has 39 heavy (non-hydrogen) atoms. The maximum Gasteiger partial charge on any atom is 0.433 e. The van der Waals surface area contributed by atoms with Crippen LogP contribution in [-0.4, -0.2) is 47.8 Å². The van der Waals surface area contributed by atoms with Crippen molar-refractivity contribution in [1.29, 1.82) is 0 Å². The van der Waals surface area contributed by atoms with Gasteiger partial charge in [0.15, 0.2) is 5.76 Å². The molecular formula is C25H24FN5O6S2. The predicted molar refractivity (Wildman–Crippen MR) is 145 cm³/mol. The van der Waals surface area contributed by atoms with Gasteiger partial charge in [-0.1, -0.05) is 31.6 Å². The minimum Gasteiger partial charge on any atom is -0.400 e. The number of halogens is 1. The zero-order valence-electron chi connectivity index (χ0n) is 21.0. The SMILES string of the molecule is CCCCN(CC)S(=O)(=O)c1ccc(C(=O)N(/N=C/c2ccc([N+](=O)[O-])o2)c2nc3ccc(F)cc3s2)cc1. The molecule has 4 aromatic rings. The number of anilines is 1. The lowest BCUT2D eigenvalue weighted by Gasteiger charge is -2.20. The van der Waals surface area contributed by atoms with Gasteiger partial charge >= 0.3 is 5.88 Å². The van der Waals surface area contributed by atoms with Crippen molar-refractivity contribution in [2.75, 3.05) is 18.1 Å². The van der Waals surface area contributed by atoms with Gasteiger partial charge in [-0.2, -0.15) is 14.4 Å². The standard InChI is InChI=1S/C25H24FN5O6S2/c1-3-5-14-29(4-2)39(35,36)20-10-6-17(7-11-20)24(32)30(27-16-19-9-13-23(37-19)31(33)34)25-28-21-12-8-18(26)15-22(21)38-25/h6-13,15-16H,3-5,14H2,1-2H3/b27-16+. The van der Waals surface area contributed by atoms with Crippen molar-refractivity contribution in [3.63, 3.8) is 0 Å². The highest BCUT2D eigenvalue weighted by Crippen LogP contribution is 2.31. The molecule has 14 heteroatoms. The number of hydrazone groups is 1. The normalized spacial score (nSPS) is 12.0. The Hall–Kier alpha value is -4.01. The molecular weight excluding hydrogens is 549 g/mol. The maximum absolute atomic E-state index is 13.7. The molecule has 0 N–H and O–H groups in total. The summed E-state index contributed by atoms with van der Waals surface area (Å²) >= 11 is 1.01. The van der Waals surface area contributed by atoms with Crippen molar-refractivity contribution in [2.24, 2.45) is 5.10 Å². The van der Waals surface area contributed by atoms with E-state index in [0.29, 0.717) is 23.3 Å². The fourth-order valence-corrected chi connectivity index (χ4v) is 6.05. The van der Waals surface area contributed by atoms with E-state index in [9.17, 15) is 27.7 Å². The highest BCUT2D eigenvalue weighted by Gasteiger charge is 2.25. The molecule has 2 aromatic carbocycles. The van der Waals surface area contributed by atoms with E-state index in [1.54, 1.807) is 6.92 Å². The number of fused-ring (bicyclic) bond motifs is 1. The molecule has 204 valence electrons. The van der Waals surface area contributed by atoms with Crippen LogP contribution in [0.2, 0.25) is 0 Å². The largest absolute Gasteiger partial charge is 0.433 e. The summed E-state index contributed by atoms with van der Waals surface area (Å²) in [5.74, 6) is -1.62. The van der Waals surface area contributed by atoms with Crippen LogP contribution < -0.4 is 5.01 Å². The first-order chi connectivity index (χ1) is 18.6. The molecule has 4 rings (SSSR count). The van der Waals surface area contributed by atoms with E-state index >= 15 is 0 Å². The molecule has 1 amide bonds. The number of aromatic nitrogens is 1. The first kappa shape index (κ1) is 28.0. The van der Waals surface area contributed by atoms with E-state index in [-0.39, 0.29) is 21.4 Å². The molecule has 2 heterocycles. The zero-order valence-corrected chi connectivity index (χ0v) is 22.6. The second-order valence-corrected chi connectivity index (χ2v) is 11.2. The van der Waals surface area contributed by atoms with Crippen LogP contribution in [-0.2, 0) is 10.0 Å². The Kier molecular flexibility index (Phi) is 8.47. The topological polar surface area (TPSA) is 139 Å². The van der Waals surface area contributed by atoms with Gasteiger partial charge in [0.05, 0.1) is 27.4 Å². The number of unbranched alkanes of at least 4 members (excludes halogenated alkanes) is 1. The maximum atomic E-state index is 13.7. The summed E-state index contributed by atoms with van der Waals surface area (Å²) in [5.41, 5.74) is 0.546. The van der Waals surface area contributed by atoms with E-state index in [1.807, 2.05) is 6.92 Å². The van der Waals surface area contributed by atoms with E-state index < -0.39 is 32.6 Å². The Morgan fingerprint density at radius 1 is 1.18 bits per heavy atom. The summed E-state index contributed by atoms with van der Waals surface area (Å²) in [4.78, 5) is 28.2. The van der Waals surface area contributed by atoms with Gasteiger partial charge < -0.3 is 4.42 Å². The van der Waals surface area contributed by atoms with Crippen LogP contribution in [0.4, 0.5) is 15.4 Å². The van der Waals surface area contributed by atoms with E-state index in [4.69, 9.17) is 4.42 Å². The Balaban J connectivity index is 1.68. The van der Waals surface area contributed by atoms with Crippen molar-refractivity contribution in [3.05, 3.63) is 81.9 Å². The summed E-state index contributed by atoms with van der Waals surface area (Å²) in [6, 6.07) is 11.9. The first-order valence-electron chi connectivity index (χ1n) is 11.9. The van der Waals surface area contributed by atoms with Crippen LogP contribution in [0, 0.1) is 15.9 Å². The number of hydrogen-bond acceptors (Lipinski definition) is 9. The van der Waals surface area contributed by atoms with Crippen LogP contribution in [0.3, 0.4) is 0 Å². The molecule has 0 aliphatic carbocycles. The Morgan fingerprint density at radius 3 is 2.56 bits per heavy atom. The van der Waals surface area contributed by atoms with Crippen molar-refractivity contribution >= 4 is 54.7 Å². The fraction of sp³-hybridized carbons (Fsp3) is 0.240. The molecule has 2 aromatic heterocycles. The highest BCUT2D eigenvalue weighted by atomic mass is 32.2. The van der Waals surface area contributed by atoms with Crippen molar-refractivity contribution in [3.8, 4) is 0 Å². The number of sulfonamides is 1. The number of carbonyl (C=O) groups excluding carboxylic acids is 1. The van der Waals surface area contributed by atoms with Crippen molar-refractivity contribution in [1.82, 2.24) is 9.29 Å². The van der Waals surface area contributed by atoms with Gasteiger partial charge in [0.25, 0.3) is 5.91 Å². The molecule has 0 spiro atoms. The van der Waals surface area contributed by atoms with E-state index in [2.05, 4.69) is 10.1 Å². The van der Waals surface area contributed by atoms with Gasteiger partial charge in [0, 0.05) is 18.7 Å². The zero-order chi connectivity index (χ0) is 28.2. The number of nitrogens with zero attached hydrogens (tertiary/aromatic N) is 5. The number of benzene rings is 2. The quantitative estimate of drug-likeness (QED) is 0.132. The third-order valence-corrected chi connectivity index (χ3v) is 8.64. The van der Waals surface area contributed by atoms with Crippen LogP contribution in [0.1, 0.15) is 42.8 Å². The smallest absolute Gasteiger partial charge is 0.400 e. The summed E-state index contributed by atoms with van der Waals surface area (Å²) in [5, 5.41) is 16.1. The van der Waals surface area contributed by atoms with E-state index in [0.717, 1.165) is 41.5 Å². The molecule has 0 bridgehead atoms. The first-order valence-corrected chi connectivity index (χ1v) is 14.2. The summed E-state index contributed by atoms with van der Waals surface area (Å²) in [6.07, 6.45) is 2.68.